The minimum Gasteiger partial charge on any atom is -0.464 e. The number of aryl methyl sites for hydroxylation is 1. The van der Waals surface area contributed by atoms with E-state index in [0.717, 1.165) is 54.0 Å². The number of benzene rings is 1. The second kappa shape index (κ2) is 4.97. The fraction of sp³-hybridized carbons (Fsp3) is 0.294. The van der Waals surface area contributed by atoms with Crippen molar-refractivity contribution in [3.63, 3.8) is 0 Å². The van der Waals surface area contributed by atoms with Gasteiger partial charge in [0.15, 0.2) is 5.82 Å². The highest BCUT2D eigenvalue weighted by atomic mass is 16.3. The number of hydrogen-bond donors (Lipinski definition) is 1. The van der Waals surface area contributed by atoms with Gasteiger partial charge in [0.25, 0.3) is 0 Å². The first kappa shape index (κ1) is 12.5. The lowest BCUT2D eigenvalue weighted by atomic mass is 10.0. The number of fused-ring (bicyclic) bond motifs is 2. The van der Waals surface area contributed by atoms with E-state index in [2.05, 4.69) is 18.3 Å². The number of nitrogens with one attached hydrogen (secondary N) is 1. The molecule has 4 nitrogen and oxygen atoms in total. The molecule has 1 aliphatic heterocycles. The summed E-state index contributed by atoms with van der Waals surface area (Å²) in [4.78, 5) is 9.59. The Bertz CT molecular complexity index is 790. The molecule has 4 heteroatoms. The van der Waals surface area contributed by atoms with Crippen molar-refractivity contribution in [3.8, 4) is 11.4 Å². The summed E-state index contributed by atoms with van der Waals surface area (Å²) in [7, 11) is 0. The maximum Gasteiger partial charge on any atom is 0.163 e. The van der Waals surface area contributed by atoms with Gasteiger partial charge >= 0.3 is 0 Å². The van der Waals surface area contributed by atoms with Crippen LogP contribution in [0.2, 0.25) is 0 Å². The molecule has 0 fully saturated rings. The molecule has 1 aliphatic rings. The van der Waals surface area contributed by atoms with E-state index in [1.165, 1.54) is 11.3 Å². The molecule has 0 atom stereocenters. The Morgan fingerprint density at radius 1 is 1.24 bits per heavy atom. The zero-order chi connectivity index (χ0) is 14.2. The average molecular weight is 279 g/mol. The van der Waals surface area contributed by atoms with Crippen molar-refractivity contribution in [1.82, 2.24) is 15.3 Å². The molecule has 21 heavy (non-hydrogen) atoms. The van der Waals surface area contributed by atoms with Gasteiger partial charge in [-0.1, -0.05) is 25.1 Å². The Morgan fingerprint density at radius 2 is 2.14 bits per heavy atom. The summed E-state index contributed by atoms with van der Waals surface area (Å²) in [6.07, 6.45) is 3.66. The Kier molecular flexibility index (Phi) is 2.97. The average Bonchev–Trinajstić information content (AvgIpc) is 2.98. The number of aromatic nitrogens is 2. The van der Waals surface area contributed by atoms with Crippen molar-refractivity contribution < 1.29 is 4.42 Å². The standard InChI is InChI=1S/C17H17N3O/c1-2-14-12-9-18-8-7-15(12)20-17(19-14)13-10-21-16-6-4-3-5-11(13)16/h3-6,10,18H,2,7-9H2,1H3. The highest BCUT2D eigenvalue weighted by molar-refractivity contribution is 5.91. The van der Waals surface area contributed by atoms with Crippen LogP contribution in [0.4, 0.5) is 0 Å². The number of rotatable bonds is 2. The normalized spacial score (nSPS) is 14.3. The Labute approximate surface area is 123 Å². The van der Waals surface area contributed by atoms with Crippen LogP contribution >= 0.6 is 0 Å². The molecule has 0 amide bonds. The minimum absolute atomic E-state index is 0.789. The fourth-order valence-electron chi connectivity index (χ4n) is 2.98. The number of nitrogens with zero attached hydrogens (tertiary/aromatic N) is 2. The SMILES string of the molecule is CCc1nc(-c2coc3ccccc23)nc2c1CNCC2. The second-order valence-electron chi connectivity index (χ2n) is 5.35. The first-order valence-corrected chi connectivity index (χ1v) is 7.43. The van der Waals surface area contributed by atoms with Crippen molar-refractivity contribution in [2.24, 2.45) is 0 Å². The molecule has 0 bridgehead atoms. The first-order valence-electron chi connectivity index (χ1n) is 7.43. The van der Waals surface area contributed by atoms with Gasteiger partial charge in [-0.15, -0.1) is 0 Å². The number of furan rings is 1. The van der Waals surface area contributed by atoms with E-state index >= 15 is 0 Å². The van der Waals surface area contributed by atoms with Crippen molar-refractivity contribution in [3.05, 3.63) is 47.5 Å². The van der Waals surface area contributed by atoms with Gasteiger partial charge in [-0.3, -0.25) is 0 Å². The zero-order valence-corrected chi connectivity index (χ0v) is 12.0. The Hall–Kier alpha value is -2.20. The molecule has 0 saturated carbocycles. The van der Waals surface area contributed by atoms with Crippen molar-refractivity contribution in [2.45, 2.75) is 26.3 Å². The van der Waals surface area contributed by atoms with Gasteiger partial charge < -0.3 is 9.73 Å². The van der Waals surface area contributed by atoms with Crippen molar-refractivity contribution in [2.75, 3.05) is 6.54 Å². The van der Waals surface area contributed by atoms with E-state index in [4.69, 9.17) is 14.4 Å². The van der Waals surface area contributed by atoms with Crippen LogP contribution in [-0.4, -0.2) is 16.5 Å². The maximum atomic E-state index is 5.63. The van der Waals surface area contributed by atoms with E-state index < -0.39 is 0 Å². The molecule has 4 rings (SSSR count). The molecule has 0 unspecified atom stereocenters. The molecule has 106 valence electrons. The molecular formula is C17H17N3O. The van der Waals surface area contributed by atoms with Crippen LogP contribution in [0.15, 0.2) is 34.9 Å². The molecule has 3 aromatic rings. The third-order valence-electron chi connectivity index (χ3n) is 4.08. The van der Waals surface area contributed by atoms with Crippen LogP contribution in [0, 0.1) is 0 Å². The van der Waals surface area contributed by atoms with Crippen LogP contribution in [-0.2, 0) is 19.4 Å². The third kappa shape index (κ3) is 2.03. The third-order valence-corrected chi connectivity index (χ3v) is 4.08. The van der Waals surface area contributed by atoms with Crippen LogP contribution in [0.25, 0.3) is 22.4 Å². The van der Waals surface area contributed by atoms with Crippen LogP contribution < -0.4 is 5.32 Å². The van der Waals surface area contributed by atoms with Crippen LogP contribution in [0.3, 0.4) is 0 Å². The highest BCUT2D eigenvalue weighted by Crippen LogP contribution is 2.29. The Balaban J connectivity index is 1.92. The minimum atomic E-state index is 0.789. The summed E-state index contributed by atoms with van der Waals surface area (Å²) in [6.45, 7) is 4.01. The lowest BCUT2D eigenvalue weighted by molar-refractivity contribution is 0.612. The zero-order valence-electron chi connectivity index (χ0n) is 12.0. The summed E-state index contributed by atoms with van der Waals surface area (Å²) in [5, 5.41) is 4.48. The predicted octanol–water partition coefficient (Wildman–Crippen LogP) is 3.10. The van der Waals surface area contributed by atoms with Crippen molar-refractivity contribution >= 4 is 11.0 Å². The van der Waals surface area contributed by atoms with E-state index in [9.17, 15) is 0 Å². The molecule has 0 radical (unpaired) electrons. The summed E-state index contributed by atoms with van der Waals surface area (Å²) in [5.41, 5.74) is 5.48. The van der Waals surface area contributed by atoms with Gasteiger partial charge in [0.2, 0.25) is 0 Å². The van der Waals surface area contributed by atoms with E-state index in [1.807, 2.05) is 18.2 Å². The van der Waals surface area contributed by atoms with Gasteiger partial charge in [0.05, 0.1) is 11.3 Å². The van der Waals surface area contributed by atoms with Crippen LogP contribution in [0.5, 0.6) is 0 Å². The molecular weight excluding hydrogens is 262 g/mol. The maximum absolute atomic E-state index is 5.63. The quantitative estimate of drug-likeness (QED) is 0.783. The monoisotopic (exact) mass is 279 g/mol. The summed E-state index contributed by atoms with van der Waals surface area (Å²) in [6, 6.07) is 8.03. The summed E-state index contributed by atoms with van der Waals surface area (Å²) < 4.78 is 5.63. The summed E-state index contributed by atoms with van der Waals surface area (Å²) >= 11 is 0. The lowest BCUT2D eigenvalue weighted by Gasteiger charge is -2.19. The topological polar surface area (TPSA) is 51.0 Å². The predicted molar refractivity (Wildman–Crippen MR) is 82.0 cm³/mol. The fourth-order valence-corrected chi connectivity index (χ4v) is 2.98. The summed E-state index contributed by atoms with van der Waals surface area (Å²) in [5.74, 6) is 0.789. The van der Waals surface area contributed by atoms with Gasteiger partial charge in [0, 0.05) is 36.2 Å². The lowest BCUT2D eigenvalue weighted by Crippen LogP contribution is -2.26. The van der Waals surface area contributed by atoms with E-state index in [-0.39, 0.29) is 0 Å². The first-order chi connectivity index (χ1) is 10.4. The van der Waals surface area contributed by atoms with Gasteiger partial charge in [-0.05, 0) is 12.5 Å². The molecule has 0 aliphatic carbocycles. The molecule has 1 aromatic carbocycles. The highest BCUT2D eigenvalue weighted by Gasteiger charge is 2.19. The van der Waals surface area contributed by atoms with E-state index in [0.29, 0.717) is 0 Å². The van der Waals surface area contributed by atoms with Crippen LogP contribution in [0.1, 0.15) is 23.9 Å². The van der Waals surface area contributed by atoms with Gasteiger partial charge in [-0.25, -0.2) is 9.97 Å². The number of para-hydroxylation sites is 1. The molecule has 2 aromatic heterocycles. The molecule has 1 N–H and O–H groups in total. The largest absolute Gasteiger partial charge is 0.464 e. The van der Waals surface area contributed by atoms with E-state index in [1.54, 1.807) is 6.26 Å². The number of hydrogen-bond acceptors (Lipinski definition) is 4. The molecule has 0 saturated heterocycles. The second-order valence-corrected chi connectivity index (χ2v) is 5.35. The smallest absolute Gasteiger partial charge is 0.163 e. The molecule has 0 spiro atoms. The molecule has 3 heterocycles. The van der Waals surface area contributed by atoms with Crippen molar-refractivity contribution in [1.29, 1.82) is 0 Å². The Morgan fingerprint density at radius 3 is 3.05 bits per heavy atom. The van der Waals surface area contributed by atoms with Gasteiger partial charge in [-0.2, -0.15) is 0 Å². The van der Waals surface area contributed by atoms with Gasteiger partial charge in [0.1, 0.15) is 11.8 Å².